The van der Waals surface area contributed by atoms with Gasteiger partial charge in [0, 0.05) is 33.5 Å². The first-order valence-electron chi connectivity index (χ1n) is 10.6. The summed E-state index contributed by atoms with van der Waals surface area (Å²) < 4.78 is 31.7. The van der Waals surface area contributed by atoms with Crippen LogP contribution in [-0.2, 0) is 12.8 Å². The van der Waals surface area contributed by atoms with E-state index in [1.165, 1.54) is 13.2 Å². The van der Waals surface area contributed by atoms with E-state index >= 15 is 0 Å². The molecule has 4 nitrogen and oxygen atoms in total. The maximum atomic E-state index is 14.6. The number of halogens is 1. The maximum Gasteiger partial charge on any atom is 0.339 e. The quantitative estimate of drug-likeness (QED) is 0.309. The van der Waals surface area contributed by atoms with Gasteiger partial charge in [-0.2, -0.15) is 0 Å². The summed E-state index contributed by atoms with van der Waals surface area (Å²) >= 11 is 0. The summed E-state index contributed by atoms with van der Waals surface area (Å²) in [6.07, 6.45) is 2.52. The second-order valence-electron chi connectivity index (χ2n) is 8.07. The Kier molecular flexibility index (Phi) is 4.18. The molecule has 2 heterocycles. The second-order valence-corrected chi connectivity index (χ2v) is 8.07. The van der Waals surface area contributed by atoms with E-state index < -0.39 is 5.82 Å². The first-order valence-corrected chi connectivity index (χ1v) is 10.6. The minimum atomic E-state index is -0.439. The van der Waals surface area contributed by atoms with Crippen molar-refractivity contribution in [3.63, 3.8) is 0 Å². The van der Waals surface area contributed by atoms with Crippen LogP contribution >= 0.6 is 0 Å². The SMILES string of the molecule is COc1ccc(-c2c(-c3ccccc3)oc3cc4oc(=O)c5c(c4cc23)CCC5)cc1F. The van der Waals surface area contributed by atoms with Crippen molar-refractivity contribution in [3.05, 3.63) is 88.0 Å². The fourth-order valence-corrected chi connectivity index (χ4v) is 4.77. The van der Waals surface area contributed by atoms with E-state index in [0.29, 0.717) is 22.5 Å². The highest BCUT2D eigenvalue weighted by molar-refractivity contribution is 6.07. The van der Waals surface area contributed by atoms with Crippen molar-refractivity contribution in [2.75, 3.05) is 7.11 Å². The van der Waals surface area contributed by atoms with Crippen molar-refractivity contribution >= 4 is 21.9 Å². The average Bonchev–Trinajstić information content (AvgIpc) is 3.44. The predicted molar refractivity (Wildman–Crippen MR) is 122 cm³/mol. The molecule has 5 heteroatoms. The largest absolute Gasteiger partial charge is 0.494 e. The number of furan rings is 1. The van der Waals surface area contributed by atoms with Gasteiger partial charge in [-0.15, -0.1) is 0 Å². The predicted octanol–water partition coefficient (Wildman–Crippen LogP) is 6.51. The average molecular weight is 426 g/mol. The van der Waals surface area contributed by atoms with Crippen LogP contribution in [0.1, 0.15) is 17.5 Å². The Hall–Kier alpha value is -3.86. The summed E-state index contributed by atoms with van der Waals surface area (Å²) in [5.74, 6) is 0.387. The second kappa shape index (κ2) is 7.09. The van der Waals surface area contributed by atoms with Gasteiger partial charge in [-0.1, -0.05) is 36.4 Å². The molecule has 1 aliphatic carbocycles. The third-order valence-corrected chi connectivity index (χ3v) is 6.26. The molecule has 2 aromatic heterocycles. The van der Waals surface area contributed by atoms with Gasteiger partial charge >= 0.3 is 5.63 Å². The first kappa shape index (κ1) is 18.9. The van der Waals surface area contributed by atoms with Crippen LogP contribution in [0.2, 0.25) is 0 Å². The summed E-state index contributed by atoms with van der Waals surface area (Å²) in [4.78, 5) is 12.4. The van der Waals surface area contributed by atoms with Gasteiger partial charge in [0.25, 0.3) is 0 Å². The molecule has 32 heavy (non-hydrogen) atoms. The van der Waals surface area contributed by atoms with Crippen molar-refractivity contribution in [2.45, 2.75) is 19.3 Å². The molecule has 0 saturated carbocycles. The highest BCUT2D eigenvalue weighted by Crippen LogP contribution is 2.43. The van der Waals surface area contributed by atoms with E-state index in [9.17, 15) is 9.18 Å². The molecule has 0 unspecified atom stereocenters. The molecule has 5 aromatic rings. The lowest BCUT2D eigenvalue weighted by atomic mass is 9.96. The summed E-state index contributed by atoms with van der Waals surface area (Å²) in [5, 5.41) is 1.77. The molecule has 0 atom stereocenters. The van der Waals surface area contributed by atoms with Gasteiger partial charge in [0.1, 0.15) is 16.9 Å². The molecule has 0 radical (unpaired) electrons. The van der Waals surface area contributed by atoms with Crippen molar-refractivity contribution in [3.8, 4) is 28.2 Å². The van der Waals surface area contributed by atoms with Gasteiger partial charge in [-0.25, -0.2) is 9.18 Å². The molecule has 3 aromatic carbocycles. The van der Waals surface area contributed by atoms with Gasteiger partial charge in [0.2, 0.25) is 0 Å². The van der Waals surface area contributed by atoms with Crippen molar-refractivity contribution in [1.29, 1.82) is 0 Å². The van der Waals surface area contributed by atoms with Gasteiger partial charge in [0.05, 0.1) is 7.11 Å². The fraction of sp³-hybridized carbons (Fsp3) is 0.148. The Labute approximate surface area is 182 Å². The highest BCUT2D eigenvalue weighted by atomic mass is 19.1. The van der Waals surface area contributed by atoms with Gasteiger partial charge in [-0.05, 0) is 48.6 Å². The molecule has 0 saturated heterocycles. The monoisotopic (exact) mass is 426 g/mol. The topological polar surface area (TPSA) is 52.6 Å². The first-order chi connectivity index (χ1) is 15.6. The van der Waals surface area contributed by atoms with E-state index in [0.717, 1.165) is 52.3 Å². The summed E-state index contributed by atoms with van der Waals surface area (Å²) in [6, 6.07) is 18.4. The molecule has 1 aliphatic rings. The van der Waals surface area contributed by atoms with Crippen LogP contribution in [0.4, 0.5) is 4.39 Å². The lowest BCUT2D eigenvalue weighted by Gasteiger charge is -2.08. The lowest BCUT2D eigenvalue weighted by Crippen LogP contribution is -2.06. The maximum absolute atomic E-state index is 14.6. The van der Waals surface area contributed by atoms with Gasteiger partial charge < -0.3 is 13.6 Å². The van der Waals surface area contributed by atoms with Crippen LogP contribution in [0.5, 0.6) is 5.75 Å². The number of benzene rings is 3. The molecule has 0 fully saturated rings. The number of hydrogen-bond acceptors (Lipinski definition) is 4. The van der Waals surface area contributed by atoms with Crippen LogP contribution in [0.25, 0.3) is 44.4 Å². The van der Waals surface area contributed by atoms with E-state index in [1.807, 2.05) is 42.5 Å². The van der Waals surface area contributed by atoms with Crippen LogP contribution in [0.15, 0.2) is 74.3 Å². The van der Waals surface area contributed by atoms with Crippen LogP contribution < -0.4 is 10.4 Å². The van der Waals surface area contributed by atoms with Gasteiger partial charge in [0.15, 0.2) is 11.6 Å². The zero-order valence-electron chi connectivity index (χ0n) is 17.4. The standard InChI is InChI=1S/C27H19FO4/c1-30-22-11-10-16(12-21(22)28)25-20-13-19-17-8-5-9-18(17)27(29)32-23(19)14-24(20)31-26(25)15-6-3-2-4-7-15/h2-4,6-7,10-14H,5,8-9H2,1H3. The van der Waals surface area contributed by atoms with Crippen molar-refractivity contribution < 1.29 is 18.0 Å². The normalized spacial score (nSPS) is 13.1. The molecule has 0 amide bonds. The summed E-state index contributed by atoms with van der Waals surface area (Å²) in [6.45, 7) is 0. The Morgan fingerprint density at radius 3 is 2.41 bits per heavy atom. The van der Waals surface area contributed by atoms with E-state index in [2.05, 4.69) is 0 Å². The Balaban J connectivity index is 1.71. The Morgan fingerprint density at radius 2 is 1.62 bits per heavy atom. The fourth-order valence-electron chi connectivity index (χ4n) is 4.77. The Bertz CT molecular complexity index is 1560. The molecule has 158 valence electrons. The van der Waals surface area contributed by atoms with Crippen LogP contribution in [-0.4, -0.2) is 7.11 Å². The summed E-state index contributed by atoms with van der Waals surface area (Å²) in [7, 11) is 1.45. The zero-order valence-corrected chi connectivity index (χ0v) is 17.4. The van der Waals surface area contributed by atoms with Crippen LogP contribution in [0, 0.1) is 5.82 Å². The van der Waals surface area contributed by atoms with Gasteiger partial charge in [-0.3, -0.25) is 0 Å². The number of rotatable bonds is 3. The number of fused-ring (bicyclic) bond motifs is 4. The minimum absolute atomic E-state index is 0.188. The number of ether oxygens (including phenoxy) is 1. The van der Waals surface area contributed by atoms with E-state index in [1.54, 1.807) is 12.1 Å². The third kappa shape index (κ3) is 2.78. The van der Waals surface area contributed by atoms with E-state index in [-0.39, 0.29) is 11.4 Å². The van der Waals surface area contributed by atoms with Crippen molar-refractivity contribution in [2.24, 2.45) is 0 Å². The van der Waals surface area contributed by atoms with Crippen molar-refractivity contribution in [1.82, 2.24) is 0 Å². The lowest BCUT2D eigenvalue weighted by molar-refractivity contribution is 0.386. The molecule has 0 spiro atoms. The smallest absolute Gasteiger partial charge is 0.339 e. The molecule has 6 rings (SSSR count). The van der Waals surface area contributed by atoms with Crippen LogP contribution in [0.3, 0.4) is 0 Å². The molecular formula is C27H19FO4. The number of methoxy groups -OCH3 is 1. The molecule has 0 aliphatic heterocycles. The minimum Gasteiger partial charge on any atom is -0.494 e. The Morgan fingerprint density at radius 1 is 0.844 bits per heavy atom. The summed E-state index contributed by atoms with van der Waals surface area (Å²) in [5.41, 5.74) is 5.02. The zero-order chi connectivity index (χ0) is 21.8. The van der Waals surface area contributed by atoms with E-state index in [4.69, 9.17) is 13.6 Å². The number of hydrogen-bond donors (Lipinski definition) is 0. The third-order valence-electron chi connectivity index (χ3n) is 6.26. The molecular weight excluding hydrogens is 407 g/mol. The number of aryl methyl sites for hydroxylation is 1. The highest BCUT2D eigenvalue weighted by Gasteiger charge is 2.24. The molecule has 0 N–H and O–H groups in total. The molecule has 0 bridgehead atoms.